The fraction of sp³-hybridized carbons (Fsp3) is 0.250. The summed E-state index contributed by atoms with van der Waals surface area (Å²) in [6, 6.07) is 10.8. The van der Waals surface area contributed by atoms with Crippen molar-refractivity contribution in [2.75, 3.05) is 31.1 Å². The molecule has 4 rings (SSSR count). The van der Waals surface area contributed by atoms with Gasteiger partial charge in [-0.3, -0.25) is 0 Å². The second-order valence-corrected chi connectivity index (χ2v) is 8.69. The SMILES string of the molecule is O=S(=O)(c1cccs1)N1CCN(c2ccc(-c3ccco3)nn2)CC1. The van der Waals surface area contributed by atoms with E-state index in [0.717, 1.165) is 5.82 Å². The molecule has 0 unspecified atom stereocenters. The van der Waals surface area contributed by atoms with Crippen molar-refractivity contribution in [3.8, 4) is 11.5 Å². The van der Waals surface area contributed by atoms with Crippen molar-refractivity contribution in [3.63, 3.8) is 0 Å². The minimum atomic E-state index is -3.38. The van der Waals surface area contributed by atoms with E-state index in [1.54, 1.807) is 29.8 Å². The fourth-order valence-electron chi connectivity index (χ4n) is 2.74. The van der Waals surface area contributed by atoms with Crippen molar-refractivity contribution in [3.05, 3.63) is 48.0 Å². The Hall–Kier alpha value is -2.23. The van der Waals surface area contributed by atoms with E-state index >= 15 is 0 Å². The maximum absolute atomic E-state index is 12.5. The Morgan fingerprint density at radius 3 is 2.44 bits per heavy atom. The van der Waals surface area contributed by atoms with Gasteiger partial charge in [0.25, 0.3) is 10.0 Å². The van der Waals surface area contributed by atoms with Gasteiger partial charge in [-0.25, -0.2) is 8.42 Å². The molecule has 0 aromatic carbocycles. The highest BCUT2D eigenvalue weighted by Crippen LogP contribution is 2.24. The lowest BCUT2D eigenvalue weighted by atomic mass is 10.3. The third-order valence-corrected chi connectivity index (χ3v) is 7.35. The van der Waals surface area contributed by atoms with Crippen molar-refractivity contribution in [2.24, 2.45) is 0 Å². The Morgan fingerprint density at radius 2 is 1.84 bits per heavy atom. The van der Waals surface area contributed by atoms with Crippen molar-refractivity contribution in [2.45, 2.75) is 4.21 Å². The van der Waals surface area contributed by atoms with E-state index in [4.69, 9.17) is 4.42 Å². The number of hydrogen-bond donors (Lipinski definition) is 0. The standard InChI is InChI=1S/C16H16N4O3S2/c21-25(22,16-4-2-12-24-16)20-9-7-19(8-10-20)15-6-5-13(17-18-15)14-3-1-11-23-14/h1-6,11-12H,7-10H2. The molecule has 1 aliphatic rings. The molecule has 1 aliphatic heterocycles. The normalized spacial score (nSPS) is 16.2. The van der Waals surface area contributed by atoms with Crippen LogP contribution in [-0.2, 0) is 10.0 Å². The van der Waals surface area contributed by atoms with Crippen LogP contribution in [0.3, 0.4) is 0 Å². The number of aromatic nitrogens is 2. The molecule has 0 saturated carbocycles. The van der Waals surface area contributed by atoms with Gasteiger partial charge in [-0.05, 0) is 35.7 Å². The summed E-state index contributed by atoms with van der Waals surface area (Å²) in [6.45, 7) is 2.03. The van der Waals surface area contributed by atoms with Gasteiger partial charge >= 0.3 is 0 Å². The molecular formula is C16H16N4O3S2. The maximum Gasteiger partial charge on any atom is 0.252 e. The predicted octanol–water partition coefficient (Wildman–Crippen LogP) is 2.31. The second kappa shape index (κ2) is 6.58. The largest absolute Gasteiger partial charge is 0.463 e. The van der Waals surface area contributed by atoms with E-state index in [0.29, 0.717) is 41.8 Å². The summed E-state index contributed by atoms with van der Waals surface area (Å²) < 4.78 is 32.3. The molecule has 130 valence electrons. The molecule has 25 heavy (non-hydrogen) atoms. The molecule has 0 spiro atoms. The van der Waals surface area contributed by atoms with Crippen LogP contribution in [0.15, 0.2) is 56.7 Å². The van der Waals surface area contributed by atoms with Gasteiger partial charge in [-0.15, -0.1) is 21.5 Å². The van der Waals surface area contributed by atoms with E-state index in [2.05, 4.69) is 10.2 Å². The first-order valence-corrected chi connectivity index (χ1v) is 10.1. The van der Waals surface area contributed by atoms with Crippen LogP contribution in [-0.4, -0.2) is 49.1 Å². The number of sulfonamides is 1. The summed E-state index contributed by atoms with van der Waals surface area (Å²) in [4.78, 5) is 2.04. The number of rotatable bonds is 4. The summed E-state index contributed by atoms with van der Waals surface area (Å²) in [5, 5.41) is 10.2. The molecule has 0 aliphatic carbocycles. The number of nitrogens with zero attached hydrogens (tertiary/aromatic N) is 4. The van der Waals surface area contributed by atoms with E-state index in [1.165, 1.54) is 15.6 Å². The quantitative estimate of drug-likeness (QED) is 0.695. The van der Waals surface area contributed by atoms with Crippen LogP contribution >= 0.6 is 11.3 Å². The summed E-state index contributed by atoms with van der Waals surface area (Å²) in [6.07, 6.45) is 1.60. The lowest BCUT2D eigenvalue weighted by molar-refractivity contribution is 0.384. The average Bonchev–Trinajstić information content (AvgIpc) is 3.36. The van der Waals surface area contributed by atoms with Crippen molar-refractivity contribution in [1.82, 2.24) is 14.5 Å². The molecule has 7 nitrogen and oxygen atoms in total. The van der Waals surface area contributed by atoms with Gasteiger partial charge in [0.2, 0.25) is 0 Å². The second-order valence-electron chi connectivity index (χ2n) is 5.58. The number of anilines is 1. The summed E-state index contributed by atoms with van der Waals surface area (Å²) in [5.74, 6) is 1.41. The summed E-state index contributed by atoms with van der Waals surface area (Å²) in [5.41, 5.74) is 0.674. The van der Waals surface area contributed by atoms with Gasteiger partial charge in [0, 0.05) is 26.2 Å². The first kappa shape index (κ1) is 16.2. The van der Waals surface area contributed by atoms with Gasteiger partial charge in [0.15, 0.2) is 11.6 Å². The van der Waals surface area contributed by atoms with Crippen LogP contribution in [0.2, 0.25) is 0 Å². The number of hydrogen-bond acceptors (Lipinski definition) is 7. The summed E-state index contributed by atoms with van der Waals surface area (Å²) in [7, 11) is -3.38. The Bertz CT molecular complexity index is 914. The van der Waals surface area contributed by atoms with Crippen LogP contribution < -0.4 is 4.90 Å². The number of piperazine rings is 1. The van der Waals surface area contributed by atoms with E-state index in [-0.39, 0.29) is 0 Å². The van der Waals surface area contributed by atoms with Crippen LogP contribution in [0.5, 0.6) is 0 Å². The van der Waals surface area contributed by atoms with Crippen LogP contribution in [0, 0.1) is 0 Å². The Kier molecular flexibility index (Phi) is 4.28. The summed E-state index contributed by atoms with van der Waals surface area (Å²) >= 11 is 1.25. The highest BCUT2D eigenvalue weighted by Gasteiger charge is 2.29. The first-order valence-electron chi connectivity index (χ1n) is 7.81. The monoisotopic (exact) mass is 376 g/mol. The molecule has 1 saturated heterocycles. The van der Waals surface area contributed by atoms with E-state index < -0.39 is 10.0 Å². The van der Waals surface area contributed by atoms with Gasteiger partial charge in [-0.1, -0.05) is 6.07 Å². The van der Waals surface area contributed by atoms with Gasteiger partial charge in [0.1, 0.15) is 9.90 Å². The zero-order valence-electron chi connectivity index (χ0n) is 13.3. The third-order valence-electron chi connectivity index (χ3n) is 4.08. The van der Waals surface area contributed by atoms with Gasteiger partial charge < -0.3 is 9.32 Å². The Labute approximate surface area is 149 Å². The molecule has 0 amide bonds. The van der Waals surface area contributed by atoms with E-state index in [9.17, 15) is 8.42 Å². The molecule has 4 heterocycles. The number of thiophene rings is 1. The topological polar surface area (TPSA) is 79.5 Å². The molecule has 1 fully saturated rings. The molecule has 0 N–H and O–H groups in total. The molecule has 0 radical (unpaired) electrons. The van der Waals surface area contributed by atoms with Gasteiger partial charge in [0.05, 0.1) is 6.26 Å². The van der Waals surface area contributed by atoms with Crippen LogP contribution in [0.25, 0.3) is 11.5 Å². The third kappa shape index (κ3) is 3.17. The maximum atomic E-state index is 12.5. The lowest BCUT2D eigenvalue weighted by Gasteiger charge is -2.34. The molecule has 3 aromatic heterocycles. The molecule has 9 heteroatoms. The van der Waals surface area contributed by atoms with Crippen molar-refractivity contribution in [1.29, 1.82) is 0 Å². The molecular weight excluding hydrogens is 360 g/mol. The predicted molar refractivity (Wildman–Crippen MR) is 95.0 cm³/mol. The minimum Gasteiger partial charge on any atom is -0.463 e. The van der Waals surface area contributed by atoms with E-state index in [1.807, 2.05) is 23.1 Å². The van der Waals surface area contributed by atoms with Crippen LogP contribution in [0.1, 0.15) is 0 Å². The smallest absolute Gasteiger partial charge is 0.252 e. The molecule has 0 atom stereocenters. The van der Waals surface area contributed by atoms with Crippen molar-refractivity contribution >= 4 is 27.2 Å². The lowest BCUT2D eigenvalue weighted by Crippen LogP contribution is -2.48. The van der Waals surface area contributed by atoms with Crippen LogP contribution in [0.4, 0.5) is 5.82 Å². The molecule has 3 aromatic rings. The fourth-order valence-corrected chi connectivity index (χ4v) is 5.31. The first-order chi connectivity index (χ1) is 12.1. The zero-order chi connectivity index (χ0) is 17.3. The molecule has 0 bridgehead atoms. The minimum absolute atomic E-state index is 0.392. The Morgan fingerprint density at radius 1 is 1.00 bits per heavy atom. The highest BCUT2D eigenvalue weighted by atomic mass is 32.2. The zero-order valence-corrected chi connectivity index (χ0v) is 14.9. The Balaban J connectivity index is 1.44. The highest BCUT2D eigenvalue weighted by molar-refractivity contribution is 7.91. The van der Waals surface area contributed by atoms with Gasteiger partial charge in [-0.2, -0.15) is 4.31 Å². The number of furan rings is 1. The average molecular weight is 376 g/mol. The van der Waals surface area contributed by atoms with Crippen molar-refractivity contribution < 1.29 is 12.8 Å².